The molecule has 0 spiro atoms. The average Bonchev–Trinajstić information content (AvgIpc) is 2.65. The predicted molar refractivity (Wildman–Crippen MR) is 110 cm³/mol. The molecule has 0 radical (unpaired) electrons. The van der Waals surface area contributed by atoms with Crippen molar-refractivity contribution in [1.29, 1.82) is 0 Å². The Balaban J connectivity index is 2.28. The third-order valence-corrected chi connectivity index (χ3v) is 5.18. The zero-order chi connectivity index (χ0) is 20.0. The van der Waals surface area contributed by atoms with Crippen LogP contribution >= 0.6 is 23.2 Å². The van der Waals surface area contributed by atoms with Gasteiger partial charge >= 0.3 is 0 Å². The number of hydrogen-bond donors (Lipinski definition) is 1. The Hall–Kier alpha value is -2.04. The smallest absolute Gasteiger partial charge is 0.242 e. The van der Waals surface area contributed by atoms with Crippen LogP contribution in [0.15, 0.2) is 42.5 Å². The highest BCUT2D eigenvalue weighted by Gasteiger charge is 2.28. The summed E-state index contributed by atoms with van der Waals surface area (Å²) in [7, 11) is 1.58. The number of aryl methyl sites for hydroxylation is 1. The molecule has 27 heavy (non-hydrogen) atoms. The molecule has 0 fully saturated rings. The minimum atomic E-state index is -0.536. The SMILES string of the molecule is CCC(C(=O)NC)N(Cc1ccc(C)cc1)C(=O)Cc1ccc(Cl)c(Cl)c1. The third kappa shape index (κ3) is 5.72. The third-order valence-electron chi connectivity index (χ3n) is 4.45. The number of halogens is 2. The van der Waals surface area contributed by atoms with Crippen LogP contribution in [-0.4, -0.2) is 29.8 Å². The first kappa shape index (κ1) is 21.3. The van der Waals surface area contributed by atoms with Crippen molar-refractivity contribution in [2.24, 2.45) is 0 Å². The van der Waals surface area contributed by atoms with Gasteiger partial charge in [0.25, 0.3) is 0 Å². The van der Waals surface area contributed by atoms with Gasteiger partial charge in [0.15, 0.2) is 0 Å². The number of amides is 2. The molecule has 1 atom stereocenters. The fourth-order valence-electron chi connectivity index (χ4n) is 2.90. The van der Waals surface area contributed by atoms with Gasteiger partial charge in [0, 0.05) is 13.6 Å². The fraction of sp³-hybridized carbons (Fsp3) is 0.333. The van der Waals surface area contributed by atoms with E-state index in [0.717, 1.165) is 16.7 Å². The molecular weight excluding hydrogens is 383 g/mol. The van der Waals surface area contributed by atoms with Gasteiger partial charge in [-0.15, -0.1) is 0 Å². The molecule has 0 saturated heterocycles. The highest BCUT2D eigenvalue weighted by molar-refractivity contribution is 6.42. The highest BCUT2D eigenvalue weighted by atomic mass is 35.5. The summed E-state index contributed by atoms with van der Waals surface area (Å²) in [6, 6.07) is 12.6. The molecule has 0 saturated carbocycles. The van der Waals surface area contributed by atoms with E-state index in [1.165, 1.54) is 0 Å². The van der Waals surface area contributed by atoms with Crippen molar-refractivity contribution in [2.45, 2.75) is 39.3 Å². The van der Waals surface area contributed by atoms with E-state index in [1.54, 1.807) is 30.1 Å². The molecular formula is C21H24Cl2N2O2. The van der Waals surface area contributed by atoms with Crippen LogP contribution in [0.1, 0.15) is 30.0 Å². The zero-order valence-electron chi connectivity index (χ0n) is 15.8. The number of nitrogens with zero attached hydrogens (tertiary/aromatic N) is 1. The Morgan fingerprint density at radius 2 is 1.67 bits per heavy atom. The van der Waals surface area contributed by atoms with Gasteiger partial charge in [0.1, 0.15) is 6.04 Å². The fourth-order valence-corrected chi connectivity index (χ4v) is 3.22. The molecule has 2 amide bonds. The first-order chi connectivity index (χ1) is 12.8. The summed E-state index contributed by atoms with van der Waals surface area (Å²) in [6.45, 7) is 4.28. The van der Waals surface area contributed by atoms with Crippen LogP contribution in [0.5, 0.6) is 0 Å². The van der Waals surface area contributed by atoms with Crippen molar-refractivity contribution in [1.82, 2.24) is 10.2 Å². The summed E-state index contributed by atoms with van der Waals surface area (Å²) in [6.07, 6.45) is 0.675. The van der Waals surface area contributed by atoms with E-state index in [2.05, 4.69) is 5.32 Å². The number of rotatable bonds is 7. The van der Waals surface area contributed by atoms with E-state index < -0.39 is 6.04 Å². The molecule has 144 valence electrons. The van der Waals surface area contributed by atoms with Gasteiger partial charge in [-0.25, -0.2) is 0 Å². The lowest BCUT2D eigenvalue weighted by Crippen LogP contribution is -2.48. The van der Waals surface area contributed by atoms with E-state index in [9.17, 15) is 9.59 Å². The molecule has 0 aromatic heterocycles. The van der Waals surface area contributed by atoms with Crippen molar-refractivity contribution in [2.75, 3.05) is 7.05 Å². The Bertz CT molecular complexity index is 806. The van der Waals surface area contributed by atoms with Gasteiger partial charge in [0.2, 0.25) is 11.8 Å². The van der Waals surface area contributed by atoms with Gasteiger partial charge in [-0.3, -0.25) is 9.59 Å². The molecule has 0 aliphatic heterocycles. The maximum atomic E-state index is 13.1. The normalized spacial score (nSPS) is 11.7. The lowest BCUT2D eigenvalue weighted by atomic mass is 10.1. The van der Waals surface area contributed by atoms with E-state index in [-0.39, 0.29) is 18.2 Å². The summed E-state index contributed by atoms with van der Waals surface area (Å²) in [5.74, 6) is -0.309. The molecule has 2 aromatic rings. The first-order valence-corrected chi connectivity index (χ1v) is 9.61. The van der Waals surface area contributed by atoms with Crippen LogP contribution in [0, 0.1) is 6.92 Å². The highest BCUT2D eigenvalue weighted by Crippen LogP contribution is 2.23. The Labute approximate surface area is 170 Å². The summed E-state index contributed by atoms with van der Waals surface area (Å²) in [5, 5.41) is 3.51. The van der Waals surface area contributed by atoms with Gasteiger partial charge < -0.3 is 10.2 Å². The minimum Gasteiger partial charge on any atom is -0.357 e. The van der Waals surface area contributed by atoms with Crippen LogP contribution in [0.2, 0.25) is 10.0 Å². The van der Waals surface area contributed by atoms with E-state index in [1.807, 2.05) is 38.1 Å². The zero-order valence-corrected chi connectivity index (χ0v) is 17.3. The van der Waals surface area contributed by atoms with Gasteiger partial charge in [-0.1, -0.05) is 66.0 Å². The van der Waals surface area contributed by atoms with Crippen molar-refractivity contribution in [3.8, 4) is 0 Å². The Morgan fingerprint density at radius 3 is 2.22 bits per heavy atom. The van der Waals surface area contributed by atoms with Crippen LogP contribution in [0.3, 0.4) is 0 Å². The maximum Gasteiger partial charge on any atom is 0.242 e. The molecule has 6 heteroatoms. The molecule has 1 unspecified atom stereocenters. The molecule has 0 bridgehead atoms. The summed E-state index contributed by atoms with van der Waals surface area (Å²) < 4.78 is 0. The van der Waals surface area contributed by atoms with Gasteiger partial charge in [0.05, 0.1) is 16.5 Å². The molecule has 0 aliphatic carbocycles. The number of nitrogens with one attached hydrogen (secondary N) is 1. The van der Waals surface area contributed by atoms with E-state index in [4.69, 9.17) is 23.2 Å². The number of likely N-dealkylation sites (N-methyl/N-ethyl adjacent to an activating group) is 1. The van der Waals surface area contributed by atoms with Crippen LogP contribution < -0.4 is 5.32 Å². The van der Waals surface area contributed by atoms with Crippen LogP contribution in [0.4, 0.5) is 0 Å². The first-order valence-electron chi connectivity index (χ1n) is 8.86. The van der Waals surface area contributed by atoms with Gasteiger partial charge in [-0.05, 0) is 36.6 Å². The molecule has 2 aromatic carbocycles. The molecule has 2 rings (SSSR count). The number of hydrogen-bond acceptors (Lipinski definition) is 2. The number of carbonyl (C=O) groups excluding carboxylic acids is 2. The second kappa shape index (κ2) is 9.77. The van der Waals surface area contributed by atoms with Crippen LogP contribution in [-0.2, 0) is 22.6 Å². The maximum absolute atomic E-state index is 13.1. The Kier molecular flexibility index (Phi) is 7.69. The lowest BCUT2D eigenvalue weighted by Gasteiger charge is -2.30. The van der Waals surface area contributed by atoms with E-state index >= 15 is 0 Å². The second-order valence-corrected chi connectivity index (χ2v) is 7.29. The van der Waals surface area contributed by atoms with E-state index in [0.29, 0.717) is 23.0 Å². The predicted octanol–water partition coefficient (Wildman–Crippen LogP) is 4.40. The summed E-state index contributed by atoms with van der Waals surface area (Å²) >= 11 is 12.0. The standard InChI is InChI=1S/C21H24Cl2N2O2/c1-4-19(21(27)24-3)25(13-15-7-5-14(2)6-8-15)20(26)12-16-9-10-17(22)18(23)11-16/h5-11,19H,4,12-13H2,1-3H3,(H,24,27). The lowest BCUT2D eigenvalue weighted by molar-refractivity contribution is -0.140. The van der Waals surface area contributed by atoms with Crippen molar-refractivity contribution >= 4 is 35.0 Å². The molecule has 4 nitrogen and oxygen atoms in total. The summed E-state index contributed by atoms with van der Waals surface area (Å²) in [5.41, 5.74) is 2.88. The number of benzene rings is 2. The quantitative estimate of drug-likeness (QED) is 0.740. The second-order valence-electron chi connectivity index (χ2n) is 6.47. The molecule has 0 aliphatic rings. The minimum absolute atomic E-state index is 0.135. The van der Waals surface area contributed by atoms with Crippen LogP contribution in [0.25, 0.3) is 0 Å². The largest absolute Gasteiger partial charge is 0.357 e. The van der Waals surface area contributed by atoms with Gasteiger partial charge in [-0.2, -0.15) is 0 Å². The topological polar surface area (TPSA) is 49.4 Å². The van der Waals surface area contributed by atoms with Crippen molar-refractivity contribution < 1.29 is 9.59 Å². The summed E-state index contributed by atoms with van der Waals surface area (Å²) in [4.78, 5) is 27.0. The van der Waals surface area contributed by atoms with Crippen molar-refractivity contribution in [3.05, 3.63) is 69.2 Å². The number of carbonyl (C=O) groups is 2. The van der Waals surface area contributed by atoms with Crippen molar-refractivity contribution in [3.63, 3.8) is 0 Å². The average molecular weight is 407 g/mol. The Morgan fingerprint density at radius 1 is 1.04 bits per heavy atom. The molecule has 1 N–H and O–H groups in total. The molecule has 0 heterocycles. The monoisotopic (exact) mass is 406 g/mol.